The molecule has 6 nitrogen and oxygen atoms in total. The third-order valence-electron chi connectivity index (χ3n) is 5.78. The molecule has 1 aliphatic carbocycles. The number of aromatic nitrogens is 4. The molecule has 7 heteroatoms. The topological polar surface area (TPSA) is 62.1 Å². The molecule has 174 valence electrons. The summed E-state index contributed by atoms with van der Waals surface area (Å²) < 4.78 is 27.3. The fourth-order valence-electron chi connectivity index (χ4n) is 4.24. The van der Waals surface area contributed by atoms with Gasteiger partial charge in [0.15, 0.2) is 0 Å². The minimum Gasteiger partial charge on any atom is -0.472 e. The van der Waals surface area contributed by atoms with Crippen molar-refractivity contribution in [2.45, 2.75) is 58.1 Å². The van der Waals surface area contributed by atoms with E-state index in [4.69, 9.17) is 14.5 Å². The summed E-state index contributed by atoms with van der Waals surface area (Å²) in [7, 11) is 0. The van der Waals surface area contributed by atoms with Crippen molar-refractivity contribution in [2.24, 2.45) is 0 Å². The summed E-state index contributed by atoms with van der Waals surface area (Å²) in [6, 6.07) is 5.96. The van der Waals surface area contributed by atoms with E-state index in [1.807, 2.05) is 50.5 Å². The predicted octanol–water partition coefficient (Wildman–Crippen LogP) is 6.21. The molecule has 0 amide bonds. The molecule has 2 atom stereocenters. The van der Waals surface area contributed by atoms with Crippen molar-refractivity contribution in [1.29, 1.82) is 0 Å². The lowest BCUT2D eigenvalue weighted by Gasteiger charge is -2.23. The van der Waals surface area contributed by atoms with Crippen molar-refractivity contribution in [3.8, 4) is 17.3 Å². The van der Waals surface area contributed by atoms with Crippen LogP contribution in [0.15, 0.2) is 60.8 Å². The number of hydrogen-bond acceptors (Lipinski definition) is 5. The Morgan fingerprint density at radius 3 is 2.85 bits per heavy atom. The van der Waals surface area contributed by atoms with E-state index in [-0.39, 0.29) is 18.0 Å². The standard InChI is InChI=1S/C24H25FN4O2.C2H6/c25-18-4-1-6-19(7-2-5-18)29-22-15-26-12-11-21(22)28-24(29)17-9-10-23(27-14-17)31-20-8-3-13-30-16-20;1-2/h1,4-5,9-12,14-15,19-20H,2-3,6-8,13,16H2;1-2H3/b4-1-,18-5+;. The van der Waals surface area contributed by atoms with Crippen LogP contribution in [0, 0.1) is 0 Å². The number of pyridine rings is 2. The normalized spacial score (nSPS) is 23.4. The number of ether oxygens (including phenoxy) is 2. The van der Waals surface area contributed by atoms with Crippen LogP contribution in [0.1, 0.15) is 52.0 Å². The van der Waals surface area contributed by atoms with E-state index < -0.39 is 0 Å². The van der Waals surface area contributed by atoms with Gasteiger partial charge in [-0.15, -0.1) is 0 Å². The second-order valence-corrected chi connectivity index (χ2v) is 7.97. The van der Waals surface area contributed by atoms with Crippen LogP contribution >= 0.6 is 0 Å². The third-order valence-corrected chi connectivity index (χ3v) is 5.78. The fourth-order valence-corrected chi connectivity index (χ4v) is 4.24. The molecule has 2 unspecified atom stereocenters. The van der Waals surface area contributed by atoms with Crippen LogP contribution in [0.25, 0.3) is 22.4 Å². The second-order valence-electron chi connectivity index (χ2n) is 7.97. The number of fused-ring (bicyclic) bond motifs is 1. The molecule has 1 aliphatic heterocycles. The van der Waals surface area contributed by atoms with Crippen LogP contribution in [-0.2, 0) is 4.74 Å². The Hall–Kier alpha value is -3.06. The quantitative estimate of drug-likeness (QED) is 0.473. The molecule has 1 fully saturated rings. The molecule has 0 spiro atoms. The maximum absolute atomic E-state index is 13.6. The lowest BCUT2D eigenvalue weighted by molar-refractivity contribution is 0.00551. The van der Waals surface area contributed by atoms with Crippen molar-refractivity contribution in [2.75, 3.05) is 13.2 Å². The molecule has 4 heterocycles. The molecule has 0 bridgehead atoms. The largest absolute Gasteiger partial charge is 0.472 e. The first-order chi connectivity index (χ1) is 16.3. The summed E-state index contributed by atoms with van der Waals surface area (Å²) >= 11 is 0. The number of rotatable bonds is 4. The van der Waals surface area contributed by atoms with Crippen molar-refractivity contribution in [3.63, 3.8) is 0 Å². The highest BCUT2D eigenvalue weighted by Crippen LogP contribution is 2.33. The van der Waals surface area contributed by atoms with Gasteiger partial charge >= 0.3 is 0 Å². The Labute approximate surface area is 194 Å². The molecule has 0 N–H and O–H groups in total. The summed E-state index contributed by atoms with van der Waals surface area (Å²) in [5.41, 5.74) is 2.77. The fraction of sp³-hybridized carbons (Fsp3) is 0.423. The number of imidazole rings is 1. The van der Waals surface area contributed by atoms with Crippen molar-refractivity contribution in [1.82, 2.24) is 19.5 Å². The van der Waals surface area contributed by atoms with E-state index >= 15 is 0 Å². The zero-order valence-electron chi connectivity index (χ0n) is 19.3. The summed E-state index contributed by atoms with van der Waals surface area (Å²) in [5, 5.41) is 0. The van der Waals surface area contributed by atoms with E-state index in [0.717, 1.165) is 54.7 Å². The Balaban J connectivity index is 0.00000126. The SMILES string of the molecule is CC.FC1=C/CCC(n2c(-c3ccc(OC4CCCOC4)nc3)nc3ccncc32)C/C=C\1. The van der Waals surface area contributed by atoms with Gasteiger partial charge in [0.2, 0.25) is 5.88 Å². The summed E-state index contributed by atoms with van der Waals surface area (Å²) in [5.74, 6) is 1.27. The van der Waals surface area contributed by atoms with Gasteiger partial charge < -0.3 is 14.0 Å². The van der Waals surface area contributed by atoms with Gasteiger partial charge in [-0.25, -0.2) is 14.4 Å². The van der Waals surface area contributed by atoms with E-state index in [1.165, 1.54) is 0 Å². The minimum absolute atomic E-state index is 0.0536. The first-order valence-electron chi connectivity index (χ1n) is 11.8. The molecule has 33 heavy (non-hydrogen) atoms. The summed E-state index contributed by atoms with van der Waals surface area (Å²) in [6.07, 6.45) is 14.8. The van der Waals surface area contributed by atoms with Gasteiger partial charge in [0.1, 0.15) is 17.8 Å². The van der Waals surface area contributed by atoms with E-state index in [1.54, 1.807) is 18.3 Å². The first kappa shape index (κ1) is 23.1. The van der Waals surface area contributed by atoms with Gasteiger partial charge in [0, 0.05) is 36.7 Å². The highest BCUT2D eigenvalue weighted by Gasteiger charge is 2.21. The highest BCUT2D eigenvalue weighted by atomic mass is 19.1. The molecule has 2 aliphatic rings. The minimum atomic E-state index is -0.168. The van der Waals surface area contributed by atoms with Crippen molar-refractivity contribution < 1.29 is 13.9 Å². The maximum atomic E-state index is 13.6. The molecule has 5 rings (SSSR count). The lowest BCUT2D eigenvalue weighted by Crippen LogP contribution is -2.28. The van der Waals surface area contributed by atoms with E-state index in [0.29, 0.717) is 18.9 Å². The van der Waals surface area contributed by atoms with Crippen LogP contribution in [-0.4, -0.2) is 38.8 Å². The third kappa shape index (κ3) is 5.47. The molecule has 1 saturated heterocycles. The van der Waals surface area contributed by atoms with E-state index in [9.17, 15) is 4.39 Å². The Bertz CT molecular complexity index is 1100. The molecule has 0 radical (unpaired) electrons. The molecule has 0 saturated carbocycles. The van der Waals surface area contributed by atoms with Gasteiger partial charge in [-0.3, -0.25) is 4.98 Å². The molecule has 3 aromatic rings. The summed E-state index contributed by atoms with van der Waals surface area (Å²) in [6.45, 7) is 5.41. The highest BCUT2D eigenvalue weighted by molar-refractivity contribution is 5.79. The first-order valence-corrected chi connectivity index (χ1v) is 11.8. The monoisotopic (exact) mass is 450 g/mol. The number of allylic oxidation sites excluding steroid dienone is 4. The van der Waals surface area contributed by atoms with Crippen LogP contribution in [0.4, 0.5) is 4.39 Å². The molecular formula is C26H31FN4O2. The van der Waals surface area contributed by atoms with Crippen LogP contribution in [0.2, 0.25) is 0 Å². The average Bonchev–Trinajstić information content (AvgIpc) is 3.23. The van der Waals surface area contributed by atoms with Gasteiger partial charge in [-0.05, 0) is 56.4 Å². The zero-order valence-corrected chi connectivity index (χ0v) is 19.3. The Morgan fingerprint density at radius 1 is 1.15 bits per heavy atom. The summed E-state index contributed by atoms with van der Waals surface area (Å²) in [4.78, 5) is 13.7. The van der Waals surface area contributed by atoms with Crippen LogP contribution in [0.5, 0.6) is 5.88 Å². The van der Waals surface area contributed by atoms with Gasteiger partial charge in [-0.1, -0.05) is 19.9 Å². The van der Waals surface area contributed by atoms with Crippen LogP contribution < -0.4 is 4.74 Å². The second kappa shape index (κ2) is 11.2. The van der Waals surface area contributed by atoms with Gasteiger partial charge in [0.25, 0.3) is 0 Å². The Kier molecular flexibility index (Phi) is 7.83. The van der Waals surface area contributed by atoms with E-state index in [2.05, 4.69) is 14.5 Å². The Morgan fingerprint density at radius 2 is 2.06 bits per heavy atom. The van der Waals surface area contributed by atoms with Crippen molar-refractivity contribution in [3.05, 3.63) is 60.8 Å². The maximum Gasteiger partial charge on any atom is 0.213 e. The van der Waals surface area contributed by atoms with Gasteiger partial charge in [0.05, 0.1) is 23.8 Å². The lowest BCUT2D eigenvalue weighted by atomic mass is 10.0. The number of halogens is 1. The molecular weight excluding hydrogens is 419 g/mol. The van der Waals surface area contributed by atoms with Crippen molar-refractivity contribution >= 4 is 11.0 Å². The molecule has 3 aromatic heterocycles. The zero-order chi connectivity index (χ0) is 23.0. The molecule has 0 aromatic carbocycles. The number of nitrogens with zero attached hydrogens (tertiary/aromatic N) is 4. The van der Waals surface area contributed by atoms with Gasteiger partial charge in [-0.2, -0.15) is 0 Å². The predicted molar refractivity (Wildman–Crippen MR) is 128 cm³/mol. The van der Waals surface area contributed by atoms with Crippen LogP contribution in [0.3, 0.4) is 0 Å². The number of hydrogen-bond donors (Lipinski definition) is 0. The average molecular weight is 451 g/mol. The smallest absolute Gasteiger partial charge is 0.213 e.